The van der Waals surface area contributed by atoms with Gasteiger partial charge in [-0.2, -0.15) is 0 Å². The van der Waals surface area contributed by atoms with Crippen molar-refractivity contribution >= 4 is 0 Å². The predicted octanol–water partition coefficient (Wildman–Crippen LogP) is -0.373. The fourth-order valence-electron chi connectivity index (χ4n) is 1.64. The lowest BCUT2D eigenvalue weighted by molar-refractivity contribution is 0.138. The van der Waals surface area contributed by atoms with E-state index in [0.717, 1.165) is 19.6 Å². The molecular formula is C8H19N3. The topological polar surface area (TPSA) is 41.3 Å². The molecule has 0 amide bonds. The third-order valence-electron chi connectivity index (χ3n) is 2.37. The molecule has 3 nitrogen and oxygen atoms in total. The highest BCUT2D eigenvalue weighted by Crippen LogP contribution is 2.12. The van der Waals surface area contributed by atoms with Crippen LogP contribution in [0, 0.1) is 0 Å². The second-order valence-electron chi connectivity index (χ2n) is 4.02. The van der Waals surface area contributed by atoms with Crippen molar-refractivity contribution in [1.29, 1.82) is 0 Å². The van der Waals surface area contributed by atoms with Gasteiger partial charge in [-0.25, -0.2) is 0 Å². The van der Waals surface area contributed by atoms with Crippen molar-refractivity contribution in [2.45, 2.75) is 25.4 Å². The van der Waals surface area contributed by atoms with Crippen LogP contribution in [0.5, 0.6) is 0 Å². The Bertz CT molecular complexity index is 128. The van der Waals surface area contributed by atoms with E-state index in [1.54, 1.807) is 0 Å². The van der Waals surface area contributed by atoms with Crippen LogP contribution >= 0.6 is 0 Å². The Kier molecular flexibility index (Phi) is 2.52. The van der Waals surface area contributed by atoms with Gasteiger partial charge in [0, 0.05) is 31.2 Å². The van der Waals surface area contributed by atoms with Crippen LogP contribution in [-0.2, 0) is 0 Å². The third kappa shape index (κ3) is 2.15. The summed E-state index contributed by atoms with van der Waals surface area (Å²) in [6, 6.07) is 0.469. The van der Waals surface area contributed by atoms with Gasteiger partial charge in [0.25, 0.3) is 0 Å². The molecule has 0 saturated carbocycles. The fraction of sp³-hybridized carbons (Fsp3) is 1.00. The molecule has 1 aliphatic rings. The van der Waals surface area contributed by atoms with Gasteiger partial charge in [0.15, 0.2) is 0 Å². The van der Waals surface area contributed by atoms with Gasteiger partial charge in [-0.1, -0.05) is 0 Å². The summed E-state index contributed by atoms with van der Waals surface area (Å²) >= 11 is 0. The van der Waals surface area contributed by atoms with E-state index in [0.29, 0.717) is 6.04 Å². The summed E-state index contributed by atoms with van der Waals surface area (Å²) in [5, 5.41) is 3.35. The van der Waals surface area contributed by atoms with E-state index < -0.39 is 0 Å². The SMILES string of the molecule is CN1CCNCC1C(C)(C)N. The van der Waals surface area contributed by atoms with Gasteiger partial charge in [0.05, 0.1) is 0 Å². The maximum absolute atomic E-state index is 6.02. The molecule has 1 heterocycles. The maximum Gasteiger partial charge on any atom is 0.0392 e. The summed E-state index contributed by atoms with van der Waals surface area (Å²) < 4.78 is 0. The zero-order valence-corrected chi connectivity index (χ0v) is 7.72. The number of nitrogens with one attached hydrogen (secondary N) is 1. The highest BCUT2D eigenvalue weighted by Gasteiger charge is 2.30. The van der Waals surface area contributed by atoms with Gasteiger partial charge < -0.3 is 11.1 Å². The van der Waals surface area contributed by atoms with E-state index in [-0.39, 0.29) is 5.54 Å². The molecule has 3 N–H and O–H groups in total. The normalized spacial score (nSPS) is 28.9. The summed E-state index contributed by atoms with van der Waals surface area (Å²) in [4.78, 5) is 2.33. The summed E-state index contributed by atoms with van der Waals surface area (Å²) in [5.74, 6) is 0. The lowest BCUT2D eigenvalue weighted by Crippen LogP contribution is -2.62. The summed E-state index contributed by atoms with van der Waals surface area (Å²) in [6.45, 7) is 7.37. The lowest BCUT2D eigenvalue weighted by atomic mass is 9.93. The number of piperazine rings is 1. The first-order valence-electron chi connectivity index (χ1n) is 4.21. The molecule has 3 heteroatoms. The molecule has 1 fully saturated rings. The highest BCUT2D eigenvalue weighted by molar-refractivity contribution is 4.92. The number of hydrogen-bond acceptors (Lipinski definition) is 3. The number of hydrogen-bond donors (Lipinski definition) is 2. The zero-order chi connectivity index (χ0) is 8.48. The van der Waals surface area contributed by atoms with Gasteiger partial charge in [0.2, 0.25) is 0 Å². The van der Waals surface area contributed by atoms with Crippen molar-refractivity contribution in [1.82, 2.24) is 10.2 Å². The minimum atomic E-state index is -0.0951. The van der Waals surface area contributed by atoms with Crippen molar-refractivity contribution in [2.75, 3.05) is 26.7 Å². The Morgan fingerprint density at radius 1 is 1.55 bits per heavy atom. The second kappa shape index (κ2) is 3.09. The average Bonchev–Trinajstić information content (AvgIpc) is 1.86. The predicted molar refractivity (Wildman–Crippen MR) is 47.6 cm³/mol. The molecule has 1 aliphatic heterocycles. The maximum atomic E-state index is 6.02. The van der Waals surface area contributed by atoms with Crippen LogP contribution in [0.4, 0.5) is 0 Å². The Morgan fingerprint density at radius 2 is 2.18 bits per heavy atom. The standard InChI is InChI=1S/C8H19N3/c1-8(2,9)7-6-10-4-5-11(7)3/h7,10H,4-6,9H2,1-3H3. The molecule has 0 bridgehead atoms. The number of nitrogens with two attached hydrogens (primary N) is 1. The van der Waals surface area contributed by atoms with Crippen molar-refractivity contribution in [3.63, 3.8) is 0 Å². The first-order valence-corrected chi connectivity index (χ1v) is 4.21. The Morgan fingerprint density at radius 3 is 2.55 bits per heavy atom. The molecule has 0 aromatic rings. The van der Waals surface area contributed by atoms with Gasteiger partial charge in [-0.15, -0.1) is 0 Å². The fourth-order valence-corrected chi connectivity index (χ4v) is 1.64. The number of likely N-dealkylation sites (N-methyl/N-ethyl adjacent to an activating group) is 1. The van der Waals surface area contributed by atoms with E-state index in [1.165, 1.54) is 0 Å². The smallest absolute Gasteiger partial charge is 0.0392 e. The Hall–Kier alpha value is -0.120. The molecule has 1 saturated heterocycles. The molecule has 0 aromatic carbocycles. The molecule has 0 aliphatic carbocycles. The molecule has 66 valence electrons. The quantitative estimate of drug-likeness (QED) is 0.545. The highest BCUT2D eigenvalue weighted by atomic mass is 15.2. The van der Waals surface area contributed by atoms with Crippen LogP contribution in [0.3, 0.4) is 0 Å². The third-order valence-corrected chi connectivity index (χ3v) is 2.37. The minimum Gasteiger partial charge on any atom is -0.324 e. The van der Waals surface area contributed by atoms with Crippen molar-refractivity contribution in [3.8, 4) is 0 Å². The van der Waals surface area contributed by atoms with Crippen LogP contribution in [-0.4, -0.2) is 43.2 Å². The van der Waals surface area contributed by atoms with E-state index >= 15 is 0 Å². The van der Waals surface area contributed by atoms with Crippen molar-refractivity contribution in [3.05, 3.63) is 0 Å². The zero-order valence-electron chi connectivity index (χ0n) is 7.72. The molecule has 11 heavy (non-hydrogen) atoms. The van der Waals surface area contributed by atoms with E-state index in [2.05, 4.69) is 31.1 Å². The van der Waals surface area contributed by atoms with Crippen LogP contribution in [0.1, 0.15) is 13.8 Å². The van der Waals surface area contributed by atoms with Crippen LogP contribution in [0.2, 0.25) is 0 Å². The summed E-state index contributed by atoms with van der Waals surface area (Å²) in [5.41, 5.74) is 5.92. The van der Waals surface area contributed by atoms with Gasteiger partial charge in [0.1, 0.15) is 0 Å². The van der Waals surface area contributed by atoms with Gasteiger partial charge >= 0.3 is 0 Å². The Balaban J connectivity index is 2.55. The van der Waals surface area contributed by atoms with Crippen LogP contribution in [0.15, 0.2) is 0 Å². The summed E-state index contributed by atoms with van der Waals surface area (Å²) in [6.07, 6.45) is 0. The molecular weight excluding hydrogens is 138 g/mol. The van der Waals surface area contributed by atoms with E-state index in [9.17, 15) is 0 Å². The minimum absolute atomic E-state index is 0.0951. The van der Waals surface area contributed by atoms with Gasteiger partial charge in [-0.3, -0.25) is 4.90 Å². The van der Waals surface area contributed by atoms with E-state index in [4.69, 9.17) is 5.73 Å². The average molecular weight is 157 g/mol. The first kappa shape index (κ1) is 8.97. The summed E-state index contributed by atoms with van der Waals surface area (Å²) in [7, 11) is 2.14. The van der Waals surface area contributed by atoms with E-state index in [1.807, 2.05) is 0 Å². The molecule has 0 radical (unpaired) electrons. The number of nitrogens with zero attached hydrogens (tertiary/aromatic N) is 1. The molecule has 1 rings (SSSR count). The van der Waals surface area contributed by atoms with Crippen LogP contribution in [0.25, 0.3) is 0 Å². The molecule has 0 aromatic heterocycles. The molecule has 1 atom stereocenters. The molecule has 1 unspecified atom stereocenters. The second-order valence-corrected chi connectivity index (χ2v) is 4.02. The van der Waals surface area contributed by atoms with Crippen LogP contribution < -0.4 is 11.1 Å². The van der Waals surface area contributed by atoms with Crippen molar-refractivity contribution in [2.24, 2.45) is 5.73 Å². The Labute approximate surface area is 68.9 Å². The van der Waals surface area contributed by atoms with Crippen molar-refractivity contribution < 1.29 is 0 Å². The monoisotopic (exact) mass is 157 g/mol. The first-order chi connectivity index (χ1) is 5.02. The number of rotatable bonds is 1. The largest absolute Gasteiger partial charge is 0.324 e. The van der Waals surface area contributed by atoms with Gasteiger partial charge in [-0.05, 0) is 20.9 Å². The molecule has 0 spiro atoms. The lowest BCUT2D eigenvalue weighted by Gasteiger charge is -2.41.